The molecule has 1 fully saturated rings. The van der Waals surface area contributed by atoms with Crippen LogP contribution in [0.5, 0.6) is 5.75 Å². The van der Waals surface area contributed by atoms with Gasteiger partial charge in [0.2, 0.25) is 6.23 Å². The number of furan rings is 1. The van der Waals surface area contributed by atoms with E-state index in [1.54, 1.807) is 0 Å². The van der Waals surface area contributed by atoms with Gasteiger partial charge in [0.25, 0.3) is 0 Å². The third-order valence-corrected chi connectivity index (χ3v) is 7.06. The van der Waals surface area contributed by atoms with Crippen LogP contribution in [0.2, 0.25) is 0 Å². The summed E-state index contributed by atoms with van der Waals surface area (Å²) < 4.78 is 14.8. The molecule has 1 aromatic heterocycles. The van der Waals surface area contributed by atoms with Crippen molar-refractivity contribution >= 4 is 37.9 Å². The second-order valence-electron chi connectivity index (χ2n) is 8.37. The fraction of sp³-hybridized carbons (Fsp3) is 0.308. The van der Waals surface area contributed by atoms with E-state index in [9.17, 15) is 0 Å². The highest BCUT2D eigenvalue weighted by Gasteiger charge is 2.39. The average molecular weight is 501 g/mol. The average Bonchev–Trinajstić information content (AvgIpc) is 3.12. The van der Waals surface area contributed by atoms with Crippen molar-refractivity contribution in [3.63, 3.8) is 0 Å². The summed E-state index contributed by atoms with van der Waals surface area (Å²) in [5.74, 6) is 0.900. The first kappa shape index (κ1) is 22.2. The van der Waals surface area contributed by atoms with Crippen LogP contribution in [0.1, 0.15) is 31.7 Å². The molecule has 3 aromatic carbocycles. The SMILES string of the molecule is CC[N+]1(Cc2ccccc2)CCCCC1Oc1ccc2c(c1)oc1cc(Br)ccc12.[Cl-]. The van der Waals surface area contributed by atoms with Crippen LogP contribution in [-0.2, 0) is 6.54 Å². The van der Waals surface area contributed by atoms with Gasteiger partial charge >= 0.3 is 0 Å². The summed E-state index contributed by atoms with van der Waals surface area (Å²) in [7, 11) is 0. The molecule has 2 atom stereocenters. The summed E-state index contributed by atoms with van der Waals surface area (Å²) in [5.41, 5.74) is 3.17. The summed E-state index contributed by atoms with van der Waals surface area (Å²) in [4.78, 5) is 0. The molecular weight excluding hydrogens is 474 g/mol. The Balaban J connectivity index is 0.00000231. The fourth-order valence-electron chi connectivity index (χ4n) is 4.90. The van der Waals surface area contributed by atoms with E-state index in [1.807, 2.05) is 6.07 Å². The predicted molar refractivity (Wildman–Crippen MR) is 126 cm³/mol. The Kier molecular flexibility index (Phi) is 6.61. The molecule has 2 heterocycles. The highest BCUT2D eigenvalue weighted by Crippen LogP contribution is 2.35. The maximum Gasteiger partial charge on any atom is 0.233 e. The summed E-state index contributed by atoms with van der Waals surface area (Å²) in [5, 5.41) is 2.27. The van der Waals surface area contributed by atoms with Gasteiger partial charge in [-0.2, -0.15) is 0 Å². The molecule has 5 rings (SSSR count). The summed E-state index contributed by atoms with van der Waals surface area (Å²) in [6.45, 7) is 5.55. The Morgan fingerprint density at radius 1 is 0.968 bits per heavy atom. The molecule has 0 amide bonds. The lowest BCUT2D eigenvalue weighted by molar-refractivity contribution is -0.983. The molecule has 3 nitrogen and oxygen atoms in total. The minimum atomic E-state index is 0. The van der Waals surface area contributed by atoms with Crippen molar-refractivity contribution < 1.29 is 26.0 Å². The van der Waals surface area contributed by atoms with Crippen LogP contribution in [0.25, 0.3) is 21.9 Å². The van der Waals surface area contributed by atoms with Gasteiger partial charge in [0.1, 0.15) is 23.5 Å². The van der Waals surface area contributed by atoms with Crippen molar-refractivity contribution in [1.82, 2.24) is 0 Å². The zero-order chi connectivity index (χ0) is 20.6. The molecule has 1 aliphatic heterocycles. The summed E-state index contributed by atoms with van der Waals surface area (Å²) >= 11 is 3.53. The molecule has 162 valence electrons. The number of benzene rings is 3. The van der Waals surface area contributed by atoms with Crippen molar-refractivity contribution in [2.45, 2.75) is 39.0 Å². The standard InChI is InChI=1S/C26H27BrNO2.ClH/c1-2-28(18-19-8-4-3-5-9-19)15-7-6-10-26(28)29-21-12-14-23-22-13-11-20(27)16-24(22)30-25(23)17-21;/h3-5,8-9,11-14,16-17,26H,2,6-7,10,15,18H2,1H3;1H/q+1;/p-1. The smallest absolute Gasteiger partial charge is 0.233 e. The number of piperidine rings is 1. The van der Waals surface area contributed by atoms with Crippen LogP contribution in [0, 0.1) is 0 Å². The van der Waals surface area contributed by atoms with Crippen LogP contribution in [0.15, 0.2) is 75.6 Å². The van der Waals surface area contributed by atoms with E-state index in [0.29, 0.717) is 0 Å². The Bertz CT molecular complexity index is 1180. The Morgan fingerprint density at radius 2 is 1.71 bits per heavy atom. The minimum Gasteiger partial charge on any atom is -1.00 e. The molecule has 0 N–H and O–H groups in total. The van der Waals surface area contributed by atoms with E-state index in [0.717, 1.165) is 62.7 Å². The van der Waals surface area contributed by atoms with Gasteiger partial charge in [0.05, 0.1) is 13.1 Å². The lowest BCUT2D eigenvalue weighted by atomic mass is 10.0. The van der Waals surface area contributed by atoms with E-state index >= 15 is 0 Å². The lowest BCUT2D eigenvalue weighted by Gasteiger charge is -2.46. The van der Waals surface area contributed by atoms with Gasteiger partial charge in [-0.15, -0.1) is 0 Å². The van der Waals surface area contributed by atoms with Gasteiger partial charge in [-0.3, -0.25) is 4.48 Å². The molecule has 4 aromatic rings. The number of ether oxygens (including phenoxy) is 1. The van der Waals surface area contributed by atoms with Crippen LogP contribution in [0.3, 0.4) is 0 Å². The maximum absolute atomic E-state index is 6.67. The van der Waals surface area contributed by atoms with E-state index in [-0.39, 0.29) is 18.6 Å². The number of likely N-dealkylation sites (tertiary alicyclic amines) is 1. The van der Waals surface area contributed by atoms with Crippen molar-refractivity contribution in [1.29, 1.82) is 0 Å². The molecule has 2 unspecified atom stereocenters. The predicted octanol–water partition coefficient (Wildman–Crippen LogP) is 4.28. The van der Waals surface area contributed by atoms with E-state index in [2.05, 4.69) is 83.5 Å². The second-order valence-corrected chi connectivity index (χ2v) is 9.29. The van der Waals surface area contributed by atoms with Crippen molar-refractivity contribution in [2.75, 3.05) is 13.1 Å². The fourth-order valence-corrected chi connectivity index (χ4v) is 5.24. The van der Waals surface area contributed by atoms with Crippen LogP contribution < -0.4 is 17.1 Å². The van der Waals surface area contributed by atoms with Crippen LogP contribution in [-0.4, -0.2) is 23.8 Å². The van der Waals surface area contributed by atoms with Gasteiger partial charge in [-0.1, -0.05) is 46.3 Å². The number of quaternary nitrogens is 1. The monoisotopic (exact) mass is 499 g/mol. The third-order valence-electron chi connectivity index (χ3n) is 6.56. The zero-order valence-corrected chi connectivity index (χ0v) is 20.0. The molecule has 0 spiro atoms. The van der Waals surface area contributed by atoms with Gasteiger partial charge in [-0.25, -0.2) is 0 Å². The van der Waals surface area contributed by atoms with Crippen molar-refractivity contribution in [3.8, 4) is 5.75 Å². The van der Waals surface area contributed by atoms with Gasteiger partial charge in [0.15, 0.2) is 0 Å². The van der Waals surface area contributed by atoms with E-state index < -0.39 is 0 Å². The highest BCUT2D eigenvalue weighted by molar-refractivity contribution is 9.10. The third kappa shape index (κ3) is 4.34. The minimum absolute atomic E-state index is 0. The number of fused-ring (bicyclic) bond motifs is 3. The number of nitrogens with zero attached hydrogens (tertiary/aromatic N) is 1. The first-order chi connectivity index (χ1) is 14.7. The molecule has 31 heavy (non-hydrogen) atoms. The molecular formula is C26H27BrClNO2. The van der Waals surface area contributed by atoms with E-state index in [4.69, 9.17) is 9.15 Å². The summed E-state index contributed by atoms with van der Waals surface area (Å²) in [6.07, 6.45) is 3.74. The first-order valence-electron chi connectivity index (χ1n) is 10.8. The molecule has 0 radical (unpaired) electrons. The van der Waals surface area contributed by atoms with Gasteiger partial charge < -0.3 is 21.6 Å². The molecule has 0 bridgehead atoms. The zero-order valence-electron chi connectivity index (χ0n) is 17.7. The first-order valence-corrected chi connectivity index (χ1v) is 11.6. The Morgan fingerprint density at radius 3 is 2.48 bits per heavy atom. The number of hydrogen-bond donors (Lipinski definition) is 0. The van der Waals surface area contributed by atoms with Gasteiger partial charge in [0, 0.05) is 33.3 Å². The number of halogens is 2. The number of rotatable bonds is 5. The normalized spacial score (nSPS) is 21.2. The van der Waals surface area contributed by atoms with Crippen molar-refractivity contribution in [2.24, 2.45) is 0 Å². The number of hydrogen-bond acceptors (Lipinski definition) is 2. The van der Waals surface area contributed by atoms with Crippen LogP contribution in [0.4, 0.5) is 0 Å². The second kappa shape index (κ2) is 9.23. The van der Waals surface area contributed by atoms with Crippen molar-refractivity contribution in [3.05, 3.63) is 76.8 Å². The molecule has 5 heteroatoms. The molecule has 0 aliphatic carbocycles. The Labute approximate surface area is 198 Å². The quantitative estimate of drug-likeness (QED) is 0.382. The lowest BCUT2D eigenvalue weighted by Crippen LogP contribution is -3.00. The van der Waals surface area contributed by atoms with Crippen LogP contribution >= 0.6 is 15.9 Å². The highest BCUT2D eigenvalue weighted by atomic mass is 79.9. The topological polar surface area (TPSA) is 22.4 Å². The van der Waals surface area contributed by atoms with Gasteiger partial charge in [-0.05, 0) is 50.1 Å². The van der Waals surface area contributed by atoms with E-state index in [1.165, 1.54) is 18.4 Å². The molecule has 0 saturated carbocycles. The summed E-state index contributed by atoms with van der Waals surface area (Å²) in [6, 6.07) is 23.3. The largest absolute Gasteiger partial charge is 1.00 e. The Hall–Kier alpha value is -2.01. The molecule has 1 aliphatic rings. The maximum atomic E-state index is 6.67. The molecule has 1 saturated heterocycles.